The average Bonchev–Trinajstić information content (AvgIpc) is 2.71. The second-order valence-corrected chi connectivity index (χ2v) is 5.59. The Morgan fingerprint density at radius 1 is 1.19 bits per heavy atom. The van der Waals surface area contributed by atoms with E-state index in [9.17, 15) is 14.4 Å². The number of methoxy groups -OCH3 is 1. The van der Waals surface area contributed by atoms with Gasteiger partial charge in [-0.3, -0.25) is 9.88 Å². The summed E-state index contributed by atoms with van der Waals surface area (Å²) in [6.07, 6.45) is 1.57. The predicted octanol–water partition coefficient (Wildman–Crippen LogP) is 2.41. The molecule has 1 unspecified atom stereocenters. The third-order valence-electron chi connectivity index (χ3n) is 3.83. The molecule has 1 N–H and O–H groups in total. The van der Waals surface area contributed by atoms with Crippen LogP contribution in [0.25, 0.3) is 0 Å². The lowest BCUT2D eigenvalue weighted by atomic mass is 10.3. The van der Waals surface area contributed by atoms with Crippen LogP contribution in [-0.2, 0) is 16.1 Å². The summed E-state index contributed by atoms with van der Waals surface area (Å²) in [7, 11) is 1.47. The largest absolute Gasteiger partial charge is 0.362 e. The average molecular weight is 370 g/mol. The van der Waals surface area contributed by atoms with Gasteiger partial charge in [0.05, 0.1) is 24.5 Å². The van der Waals surface area contributed by atoms with Gasteiger partial charge in [0.1, 0.15) is 12.5 Å². The molecule has 1 aromatic carbocycles. The van der Waals surface area contributed by atoms with Crippen molar-refractivity contribution in [3.8, 4) is 0 Å². The molecule has 142 valence electrons. The standard InChI is InChI=1S/C19H22N4O4/c1-15(27-2)22(14-16-8-6-7-11-20-16)19(26)23(18(25)21-12-13-24)17-9-4-3-5-10-17/h3-11,13,15H,12,14H2,1-2H3,(H,21,25). The van der Waals surface area contributed by atoms with Crippen LogP contribution in [0.1, 0.15) is 12.6 Å². The minimum Gasteiger partial charge on any atom is -0.362 e. The number of imide groups is 1. The molecule has 8 heteroatoms. The van der Waals surface area contributed by atoms with E-state index in [2.05, 4.69) is 10.3 Å². The molecule has 2 rings (SSSR count). The third-order valence-corrected chi connectivity index (χ3v) is 3.83. The summed E-state index contributed by atoms with van der Waals surface area (Å²) < 4.78 is 5.32. The number of carbonyl (C=O) groups is 3. The van der Waals surface area contributed by atoms with E-state index >= 15 is 0 Å². The molecule has 4 amide bonds. The van der Waals surface area contributed by atoms with Gasteiger partial charge in [0.25, 0.3) is 0 Å². The second-order valence-electron chi connectivity index (χ2n) is 5.59. The maximum absolute atomic E-state index is 13.2. The topological polar surface area (TPSA) is 91.8 Å². The molecule has 0 fully saturated rings. The number of nitrogens with one attached hydrogen (secondary N) is 1. The first-order chi connectivity index (χ1) is 13.1. The molecule has 0 aliphatic heterocycles. The quantitative estimate of drug-likeness (QED) is 0.597. The first-order valence-corrected chi connectivity index (χ1v) is 8.38. The first-order valence-electron chi connectivity index (χ1n) is 8.38. The minimum absolute atomic E-state index is 0.152. The molecule has 8 nitrogen and oxygen atoms in total. The van der Waals surface area contributed by atoms with Gasteiger partial charge in [0, 0.05) is 13.3 Å². The number of pyridine rings is 1. The number of hydrogen-bond acceptors (Lipinski definition) is 5. The number of aldehydes is 1. The van der Waals surface area contributed by atoms with Crippen molar-refractivity contribution in [3.63, 3.8) is 0 Å². The lowest BCUT2D eigenvalue weighted by Gasteiger charge is -2.32. The van der Waals surface area contributed by atoms with Crippen molar-refractivity contribution in [1.29, 1.82) is 0 Å². The van der Waals surface area contributed by atoms with Crippen molar-refractivity contribution in [2.45, 2.75) is 19.7 Å². The number of hydrogen-bond donors (Lipinski definition) is 1. The molecular weight excluding hydrogens is 348 g/mol. The maximum Gasteiger partial charge on any atom is 0.335 e. The van der Waals surface area contributed by atoms with Crippen LogP contribution in [0.2, 0.25) is 0 Å². The van der Waals surface area contributed by atoms with E-state index in [4.69, 9.17) is 4.74 Å². The van der Waals surface area contributed by atoms with Gasteiger partial charge in [-0.05, 0) is 31.2 Å². The van der Waals surface area contributed by atoms with E-state index < -0.39 is 18.3 Å². The Labute approximate surface area is 157 Å². The van der Waals surface area contributed by atoms with E-state index in [-0.39, 0.29) is 13.1 Å². The predicted molar refractivity (Wildman–Crippen MR) is 100 cm³/mol. The molecule has 2 aromatic rings. The van der Waals surface area contributed by atoms with Gasteiger partial charge in [-0.1, -0.05) is 24.3 Å². The van der Waals surface area contributed by atoms with Gasteiger partial charge in [-0.2, -0.15) is 0 Å². The zero-order chi connectivity index (χ0) is 19.6. The van der Waals surface area contributed by atoms with Crippen LogP contribution in [0, 0.1) is 0 Å². The van der Waals surface area contributed by atoms with Gasteiger partial charge in [-0.25, -0.2) is 14.5 Å². The van der Waals surface area contributed by atoms with Crippen molar-refractivity contribution in [1.82, 2.24) is 15.2 Å². The van der Waals surface area contributed by atoms with Gasteiger partial charge >= 0.3 is 12.1 Å². The fourth-order valence-corrected chi connectivity index (χ4v) is 2.37. The summed E-state index contributed by atoms with van der Waals surface area (Å²) in [4.78, 5) is 43.0. The molecule has 0 saturated carbocycles. The smallest absolute Gasteiger partial charge is 0.335 e. The molecular formula is C19H22N4O4. The Morgan fingerprint density at radius 2 is 1.89 bits per heavy atom. The molecule has 0 spiro atoms. The highest BCUT2D eigenvalue weighted by atomic mass is 16.5. The summed E-state index contributed by atoms with van der Waals surface area (Å²) in [5.74, 6) is 0. The number of amides is 4. The van der Waals surface area contributed by atoms with Crippen LogP contribution in [0.5, 0.6) is 0 Å². The molecule has 1 atom stereocenters. The highest BCUT2D eigenvalue weighted by Gasteiger charge is 2.31. The highest BCUT2D eigenvalue weighted by Crippen LogP contribution is 2.19. The number of ether oxygens (including phenoxy) is 1. The number of para-hydroxylation sites is 1. The van der Waals surface area contributed by atoms with E-state index in [1.165, 1.54) is 12.0 Å². The summed E-state index contributed by atoms with van der Waals surface area (Å²) in [5.41, 5.74) is 1.02. The molecule has 1 aromatic heterocycles. The molecule has 0 bridgehead atoms. The molecule has 1 heterocycles. The fraction of sp³-hybridized carbons (Fsp3) is 0.263. The molecule has 27 heavy (non-hydrogen) atoms. The van der Waals surface area contributed by atoms with Crippen LogP contribution in [0.3, 0.4) is 0 Å². The van der Waals surface area contributed by atoms with E-state index in [0.717, 1.165) is 4.90 Å². The number of carbonyl (C=O) groups excluding carboxylic acids is 3. The first kappa shape index (κ1) is 20.1. The normalized spacial score (nSPS) is 11.3. The van der Waals surface area contributed by atoms with Crippen LogP contribution in [0.15, 0.2) is 54.7 Å². The van der Waals surface area contributed by atoms with Gasteiger partial charge in [0.2, 0.25) is 0 Å². The lowest BCUT2D eigenvalue weighted by molar-refractivity contribution is -0.107. The third kappa shape index (κ3) is 5.35. The second kappa shape index (κ2) is 10.0. The van der Waals surface area contributed by atoms with Crippen LogP contribution in [0.4, 0.5) is 15.3 Å². The van der Waals surface area contributed by atoms with Crippen molar-refractivity contribution < 1.29 is 19.1 Å². The lowest BCUT2D eigenvalue weighted by Crippen LogP contribution is -2.53. The monoisotopic (exact) mass is 370 g/mol. The van der Waals surface area contributed by atoms with Crippen molar-refractivity contribution in [2.75, 3.05) is 18.6 Å². The van der Waals surface area contributed by atoms with Crippen molar-refractivity contribution in [2.24, 2.45) is 0 Å². The van der Waals surface area contributed by atoms with E-state index in [0.29, 0.717) is 17.7 Å². The zero-order valence-corrected chi connectivity index (χ0v) is 15.2. The van der Waals surface area contributed by atoms with E-state index in [1.54, 1.807) is 55.6 Å². The van der Waals surface area contributed by atoms with Gasteiger partial charge in [0.15, 0.2) is 0 Å². The molecule has 0 aliphatic rings. The number of rotatable bonds is 7. The van der Waals surface area contributed by atoms with Crippen LogP contribution in [-0.4, -0.2) is 48.1 Å². The van der Waals surface area contributed by atoms with E-state index in [1.807, 2.05) is 6.07 Å². The number of benzene rings is 1. The Bertz CT molecular complexity index is 755. The molecule has 0 radical (unpaired) electrons. The number of anilines is 1. The van der Waals surface area contributed by atoms with Crippen molar-refractivity contribution in [3.05, 3.63) is 60.4 Å². The highest BCUT2D eigenvalue weighted by molar-refractivity contribution is 6.13. The Balaban J connectivity index is 2.36. The molecule has 0 aliphatic carbocycles. The van der Waals surface area contributed by atoms with Crippen molar-refractivity contribution >= 4 is 24.0 Å². The Hall–Kier alpha value is -3.26. The Morgan fingerprint density at radius 3 is 2.48 bits per heavy atom. The summed E-state index contributed by atoms with van der Waals surface area (Å²) in [6, 6.07) is 12.5. The summed E-state index contributed by atoms with van der Waals surface area (Å²) in [5, 5.41) is 2.40. The Kier molecular flexibility index (Phi) is 7.45. The minimum atomic E-state index is -0.701. The molecule has 0 saturated heterocycles. The van der Waals surface area contributed by atoms with Gasteiger partial charge in [-0.15, -0.1) is 0 Å². The van der Waals surface area contributed by atoms with Crippen LogP contribution >= 0.6 is 0 Å². The SMILES string of the molecule is COC(C)N(Cc1ccccn1)C(=O)N(C(=O)NCC=O)c1ccccc1. The number of nitrogens with zero attached hydrogens (tertiary/aromatic N) is 3. The number of urea groups is 2. The summed E-state index contributed by atoms with van der Waals surface area (Å²) in [6.45, 7) is 1.65. The zero-order valence-electron chi connectivity index (χ0n) is 15.2. The maximum atomic E-state index is 13.2. The van der Waals surface area contributed by atoms with Crippen LogP contribution < -0.4 is 10.2 Å². The van der Waals surface area contributed by atoms with Gasteiger partial charge < -0.3 is 14.8 Å². The number of aromatic nitrogens is 1. The fourth-order valence-electron chi connectivity index (χ4n) is 2.37. The summed E-state index contributed by atoms with van der Waals surface area (Å²) >= 11 is 0.